The third kappa shape index (κ3) is 6.28. The molecule has 8 nitrogen and oxygen atoms in total. The van der Waals surface area contributed by atoms with E-state index in [9.17, 15) is 9.59 Å². The van der Waals surface area contributed by atoms with Crippen molar-refractivity contribution in [3.8, 4) is 23.0 Å². The maximum absolute atomic E-state index is 11.9. The molecule has 31 heavy (non-hydrogen) atoms. The Morgan fingerprint density at radius 3 is 1.32 bits per heavy atom. The van der Waals surface area contributed by atoms with Gasteiger partial charge in [-0.2, -0.15) is 0 Å². The van der Waals surface area contributed by atoms with Crippen molar-refractivity contribution in [3.05, 3.63) is 47.5 Å². The zero-order valence-electron chi connectivity index (χ0n) is 18.8. The van der Waals surface area contributed by atoms with Gasteiger partial charge in [0.05, 0.1) is 40.5 Å². The van der Waals surface area contributed by atoms with Gasteiger partial charge in [-0.25, -0.2) is 0 Å². The number of hydrogen-bond donors (Lipinski definition) is 2. The molecule has 0 aliphatic carbocycles. The van der Waals surface area contributed by atoms with Crippen LogP contribution in [0.5, 0.6) is 23.0 Å². The van der Waals surface area contributed by atoms with Gasteiger partial charge < -0.3 is 29.6 Å². The molecule has 0 aromatic heterocycles. The van der Waals surface area contributed by atoms with E-state index in [4.69, 9.17) is 18.9 Å². The summed E-state index contributed by atoms with van der Waals surface area (Å²) in [6.45, 7) is 2.91. The number of carbonyl (C=O) groups is 2. The quantitative estimate of drug-likeness (QED) is 0.601. The van der Waals surface area contributed by atoms with Crippen molar-refractivity contribution in [2.45, 2.75) is 32.4 Å². The Kier molecular flexibility index (Phi) is 8.54. The lowest BCUT2D eigenvalue weighted by Gasteiger charge is -2.26. The summed E-state index contributed by atoms with van der Waals surface area (Å²) >= 11 is 0. The van der Waals surface area contributed by atoms with E-state index in [0.717, 1.165) is 11.1 Å². The fourth-order valence-electron chi connectivity index (χ4n) is 3.42. The van der Waals surface area contributed by atoms with Crippen LogP contribution >= 0.6 is 0 Å². The first-order valence-electron chi connectivity index (χ1n) is 9.81. The molecule has 2 N–H and O–H groups in total. The smallest absolute Gasteiger partial charge is 0.217 e. The summed E-state index contributed by atoms with van der Waals surface area (Å²) < 4.78 is 21.4. The maximum atomic E-state index is 11.9. The van der Waals surface area contributed by atoms with Crippen molar-refractivity contribution >= 4 is 11.8 Å². The highest BCUT2D eigenvalue weighted by molar-refractivity contribution is 5.74. The second-order valence-electron chi connectivity index (χ2n) is 6.97. The minimum absolute atomic E-state index is 0.186. The van der Waals surface area contributed by atoms with Crippen molar-refractivity contribution in [1.29, 1.82) is 0 Å². The Morgan fingerprint density at radius 2 is 1.03 bits per heavy atom. The van der Waals surface area contributed by atoms with Gasteiger partial charge >= 0.3 is 0 Å². The third-order valence-electron chi connectivity index (χ3n) is 4.85. The van der Waals surface area contributed by atoms with E-state index < -0.39 is 0 Å². The van der Waals surface area contributed by atoms with Crippen LogP contribution < -0.4 is 29.6 Å². The minimum atomic E-state index is -0.387. The highest BCUT2D eigenvalue weighted by atomic mass is 16.5. The molecule has 0 heterocycles. The summed E-state index contributed by atoms with van der Waals surface area (Å²) in [5.74, 6) is 1.91. The summed E-state index contributed by atoms with van der Waals surface area (Å²) in [4.78, 5) is 23.9. The molecule has 0 saturated carbocycles. The standard InChI is InChI=1S/C23H30N2O6/c1-14(26)24-18(16-7-9-20(28-3)22(11-16)30-5)13-19(25-15(2)27)17-8-10-21(29-4)23(12-17)31-6/h7-12,18-19H,13H2,1-6H3,(H,24,26)(H,25,27)/t18-,19+. The number of carbonyl (C=O) groups excluding carboxylic acids is 2. The van der Waals surface area contributed by atoms with Gasteiger partial charge in [-0.15, -0.1) is 0 Å². The van der Waals surface area contributed by atoms with Crippen molar-refractivity contribution in [1.82, 2.24) is 10.6 Å². The number of ether oxygens (including phenoxy) is 4. The highest BCUT2D eigenvalue weighted by Gasteiger charge is 2.23. The van der Waals surface area contributed by atoms with Crippen LogP contribution in [-0.2, 0) is 9.59 Å². The first-order valence-corrected chi connectivity index (χ1v) is 9.81. The van der Waals surface area contributed by atoms with Gasteiger partial charge in [0.15, 0.2) is 23.0 Å². The SMILES string of the molecule is COc1ccc([C@H](C[C@@H](NC(C)=O)c2ccc(OC)c(OC)c2)NC(C)=O)cc1OC. The first kappa shape index (κ1) is 23.9. The summed E-state index contributed by atoms with van der Waals surface area (Å²) in [6, 6.07) is 10.2. The van der Waals surface area contributed by atoms with E-state index in [1.165, 1.54) is 13.8 Å². The average molecular weight is 431 g/mol. The van der Waals surface area contributed by atoms with Crippen molar-refractivity contribution in [2.75, 3.05) is 28.4 Å². The monoisotopic (exact) mass is 430 g/mol. The molecular weight excluding hydrogens is 400 g/mol. The van der Waals surface area contributed by atoms with Gasteiger partial charge in [0, 0.05) is 13.8 Å². The van der Waals surface area contributed by atoms with Crippen LogP contribution in [-0.4, -0.2) is 40.3 Å². The molecule has 0 bridgehead atoms. The van der Waals surface area contributed by atoms with Crippen LogP contribution in [0.25, 0.3) is 0 Å². The lowest BCUT2D eigenvalue weighted by Crippen LogP contribution is -2.33. The van der Waals surface area contributed by atoms with Gasteiger partial charge in [-0.1, -0.05) is 12.1 Å². The van der Waals surface area contributed by atoms with Crippen molar-refractivity contribution in [3.63, 3.8) is 0 Å². The molecule has 0 aliphatic rings. The molecular formula is C23H30N2O6. The van der Waals surface area contributed by atoms with E-state index in [-0.39, 0.29) is 23.9 Å². The molecule has 0 aliphatic heterocycles. The second-order valence-corrected chi connectivity index (χ2v) is 6.97. The van der Waals surface area contributed by atoms with Crippen LogP contribution in [0.15, 0.2) is 36.4 Å². The van der Waals surface area contributed by atoms with Crippen molar-refractivity contribution < 1.29 is 28.5 Å². The van der Waals surface area contributed by atoms with Gasteiger partial charge in [0.1, 0.15) is 0 Å². The molecule has 2 rings (SSSR count). The van der Waals surface area contributed by atoms with E-state index >= 15 is 0 Å². The Morgan fingerprint density at radius 1 is 0.677 bits per heavy atom. The predicted octanol–water partition coefficient (Wildman–Crippen LogP) is 3.17. The fourth-order valence-corrected chi connectivity index (χ4v) is 3.42. The molecule has 0 unspecified atom stereocenters. The summed E-state index contributed by atoms with van der Waals surface area (Å²) in [5.41, 5.74) is 1.65. The lowest BCUT2D eigenvalue weighted by molar-refractivity contribution is -0.119. The Balaban J connectivity index is 2.45. The van der Waals surface area contributed by atoms with Crippen LogP contribution in [0.3, 0.4) is 0 Å². The number of hydrogen-bond acceptors (Lipinski definition) is 6. The topological polar surface area (TPSA) is 95.1 Å². The number of rotatable bonds is 10. The fraction of sp³-hybridized carbons (Fsp3) is 0.391. The Bertz CT molecular complexity index is 841. The van der Waals surface area contributed by atoms with E-state index in [1.54, 1.807) is 40.6 Å². The number of benzene rings is 2. The van der Waals surface area contributed by atoms with Crippen molar-refractivity contribution in [2.24, 2.45) is 0 Å². The molecule has 0 saturated heterocycles. The molecule has 168 valence electrons. The third-order valence-corrected chi connectivity index (χ3v) is 4.85. The maximum Gasteiger partial charge on any atom is 0.217 e. The summed E-state index contributed by atoms with van der Waals surface area (Å²) in [7, 11) is 6.23. The highest BCUT2D eigenvalue weighted by Crippen LogP contribution is 2.36. The van der Waals surface area contributed by atoms with E-state index in [1.807, 2.05) is 24.3 Å². The molecule has 8 heteroatoms. The van der Waals surface area contributed by atoms with Gasteiger partial charge in [0.25, 0.3) is 0 Å². The van der Waals surface area contributed by atoms with Crippen LogP contribution in [0.1, 0.15) is 43.5 Å². The Hall–Kier alpha value is -3.42. The van der Waals surface area contributed by atoms with Gasteiger partial charge in [-0.3, -0.25) is 9.59 Å². The summed E-state index contributed by atoms with van der Waals surface area (Å²) in [5, 5.41) is 5.93. The number of nitrogens with one attached hydrogen (secondary N) is 2. The molecule has 2 aromatic carbocycles. The minimum Gasteiger partial charge on any atom is -0.493 e. The predicted molar refractivity (Wildman–Crippen MR) is 117 cm³/mol. The molecule has 2 atom stereocenters. The molecule has 0 spiro atoms. The van der Waals surface area contributed by atoms with Gasteiger partial charge in [0.2, 0.25) is 11.8 Å². The largest absolute Gasteiger partial charge is 0.493 e. The van der Waals surface area contributed by atoms with Gasteiger partial charge in [-0.05, 0) is 41.8 Å². The lowest BCUT2D eigenvalue weighted by atomic mass is 9.94. The van der Waals surface area contributed by atoms with Crippen LogP contribution in [0.2, 0.25) is 0 Å². The Labute approximate surface area is 182 Å². The van der Waals surface area contributed by atoms with Crippen LogP contribution in [0.4, 0.5) is 0 Å². The van der Waals surface area contributed by atoms with E-state index in [0.29, 0.717) is 29.4 Å². The first-order chi connectivity index (χ1) is 14.8. The molecule has 0 radical (unpaired) electrons. The molecule has 0 fully saturated rings. The number of methoxy groups -OCH3 is 4. The zero-order chi connectivity index (χ0) is 23.0. The average Bonchev–Trinajstić information content (AvgIpc) is 2.76. The second kappa shape index (κ2) is 11.1. The normalized spacial score (nSPS) is 12.3. The zero-order valence-corrected chi connectivity index (χ0v) is 18.8. The number of amides is 2. The summed E-state index contributed by atoms with van der Waals surface area (Å²) in [6.07, 6.45) is 0.407. The van der Waals surface area contributed by atoms with E-state index in [2.05, 4.69) is 10.6 Å². The molecule has 2 aromatic rings. The molecule has 2 amide bonds. The van der Waals surface area contributed by atoms with Crippen LogP contribution in [0, 0.1) is 0 Å².